The Kier molecular flexibility index (Phi) is 1.91. The maximum atomic E-state index is 5.84. The molecule has 0 unspecified atom stereocenters. The smallest absolute Gasteiger partial charge is 0.202 e. The molecule has 0 saturated carbocycles. The van der Waals surface area contributed by atoms with Gasteiger partial charge in [-0.1, -0.05) is 0 Å². The molecule has 10 heteroatoms. The third kappa shape index (κ3) is 1.38. The van der Waals surface area contributed by atoms with E-state index in [-0.39, 0.29) is 23.3 Å². The summed E-state index contributed by atoms with van der Waals surface area (Å²) < 4.78 is 0. The molecule has 0 aromatic carbocycles. The second-order valence-corrected chi connectivity index (χ2v) is 4.07. The summed E-state index contributed by atoms with van der Waals surface area (Å²) in [6, 6.07) is 0. The first kappa shape index (κ1) is 10.6. The second-order valence-electron chi connectivity index (χ2n) is 4.07. The highest BCUT2D eigenvalue weighted by molar-refractivity contribution is 5.85. The number of aromatic nitrogens is 8. The van der Waals surface area contributed by atoms with Crippen molar-refractivity contribution in [2.45, 2.75) is 0 Å². The van der Waals surface area contributed by atoms with Crippen LogP contribution in [0, 0.1) is 0 Å². The first-order chi connectivity index (χ1) is 9.72. The van der Waals surface area contributed by atoms with Gasteiger partial charge in [-0.05, 0) is 0 Å². The molecular formula is C10H8N10. The molecule has 98 valence electrons. The third-order valence-electron chi connectivity index (χ3n) is 2.83. The van der Waals surface area contributed by atoms with Crippen LogP contribution in [0.25, 0.3) is 34.0 Å². The Morgan fingerprint density at radius 2 is 1.15 bits per heavy atom. The maximum Gasteiger partial charge on any atom is 0.202 e. The normalized spacial score (nSPS) is 11.4. The number of hydrogen-bond acceptors (Lipinski definition) is 8. The monoisotopic (exact) mass is 268 g/mol. The molecule has 4 aromatic heterocycles. The van der Waals surface area contributed by atoms with Crippen molar-refractivity contribution in [1.82, 2.24) is 39.9 Å². The van der Waals surface area contributed by atoms with Gasteiger partial charge in [0.2, 0.25) is 11.6 Å². The van der Waals surface area contributed by atoms with Gasteiger partial charge in [-0.15, -0.1) is 0 Å². The first-order valence-corrected chi connectivity index (χ1v) is 5.66. The molecule has 0 aliphatic heterocycles. The van der Waals surface area contributed by atoms with Crippen LogP contribution in [0.1, 0.15) is 0 Å². The summed E-state index contributed by atoms with van der Waals surface area (Å²) in [5, 5.41) is 0. The summed E-state index contributed by atoms with van der Waals surface area (Å²) in [5.74, 6) is 1.04. The minimum atomic E-state index is 0.249. The third-order valence-corrected chi connectivity index (χ3v) is 2.83. The number of anilines is 2. The van der Waals surface area contributed by atoms with Crippen LogP contribution in [0.15, 0.2) is 12.7 Å². The predicted molar refractivity (Wildman–Crippen MR) is 71.2 cm³/mol. The van der Waals surface area contributed by atoms with E-state index < -0.39 is 0 Å². The highest BCUT2D eigenvalue weighted by Crippen LogP contribution is 2.21. The number of H-pyrrole nitrogens is 2. The van der Waals surface area contributed by atoms with E-state index in [0.29, 0.717) is 22.3 Å². The Labute approximate surface area is 110 Å². The van der Waals surface area contributed by atoms with Crippen LogP contribution in [-0.2, 0) is 0 Å². The topological polar surface area (TPSA) is 161 Å². The van der Waals surface area contributed by atoms with Gasteiger partial charge in [0.25, 0.3) is 0 Å². The second kappa shape index (κ2) is 3.60. The minimum absolute atomic E-state index is 0.249. The molecule has 6 N–H and O–H groups in total. The molecule has 0 saturated heterocycles. The molecule has 4 aromatic rings. The predicted octanol–water partition coefficient (Wildman–Crippen LogP) is -0.149. The van der Waals surface area contributed by atoms with Gasteiger partial charge in [-0.3, -0.25) is 0 Å². The summed E-state index contributed by atoms with van der Waals surface area (Å²) in [7, 11) is 0. The molecule has 20 heavy (non-hydrogen) atoms. The quantitative estimate of drug-likeness (QED) is 0.370. The van der Waals surface area contributed by atoms with E-state index >= 15 is 0 Å². The molecule has 4 heterocycles. The van der Waals surface area contributed by atoms with Crippen LogP contribution >= 0.6 is 0 Å². The Morgan fingerprint density at radius 3 is 1.60 bits per heavy atom. The van der Waals surface area contributed by atoms with Crippen molar-refractivity contribution in [3.63, 3.8) is 0 Å². The van der Waals surface area contributed by atoms with E-state index in [1.54, 1.807) is 0 Å². The molecule has 0 amide bonds. The fraction of sp³-hybridized carbons (Fsp3) is 0. The lowest BCUT2D eigenvalue weighted by Crippen LogP contribution is -2.03. The first-order valence-electron chi connectivity index (χ1n) is 5.66. The zero-order chi connectivity index (χ0) is 13.7. The molecule has 0 fully saturated rings. The van der Waals surface area contributed by atoms with Crippen LogP contribution in [0.4, 0.5) is 11.6 Å². The summed E-state index contributed by atoms with van der Waals surface area (Å²) in [6.07, 6.45) is 2.98. The van der Waals surface area contributed by atoms with Crippen molar-refractivity contribution in [1.29, 1.82) is 0 Å². The lowest BCUT2D eigenvalue weighted by Gasteiger charge is -2.02. The highest BCUT2D eigenvalue weighted by atomic mass is 15.1. The summed E-state index contributed by atoms with van der Waals surface area (Å²) in [4.78, 5) is 30.6. The SMILES string of the molecule is Nc1nc(-c2nc(N)c3[nH]cnc3n2)nc2nc[nH]c12. The van der Waals surface area contributed by atoms with E-state index in [1.165, 1.54) is 12.7 Å². The Morgan fingerprint density at radius 1 is 0.700 bits per heavy atom. The summed E-state index contributed by atoms with van der Waals surface area (Å²) in [5.41, 5.74) is 13.7. The number of nitrogens with two attached hydrogens (primary N) is 2. The Bertz CT molecular complexity index is 858. The van der Waals surface area contributed by atoms with E-state index in [4.69, 9.17) is 11.5 Å². The number of rotatable bonds is 1. The van der Waals surface area contributed by atoms with Gasteiger partial charge in [0.1, 0.15) is 11.0 Å². The van der Waals surface area contributed by atoms with Crippen LogP contribution in [0.2, 0.25) is 0 Å². The molecule has 0 bridgehead atoms. The summed E-state index contributed by atoms with van der Waals surface area (Å²) >= 11 is 0. The zero-order valence-corrected chi connectivity index (χ0v) is 9.99. The van der Waals surface area contributed by atoms with E-state index in [1.807, 2.05) is 0 Å². The molecule has 4 rings (SSSR count). The lowest BCUT2D eigenvalue weighted by atomic mass is 10.4. The van der Waals surface area contributed by atoms with Gasteiger partial charge in [-0.2, -0.15) is 0 Å². The molecule has 10 nitrogen and oxygen atoms in total. The molecule has 0 aliphatic carbocycles. The summed E-state index contributed by atoms with van der Waals surface area (Å²) in [6.45, 7) is 0. The highest BCUT2D eigenvalue weighted by Gasteiger charge is 2.14. The van der Waals surface area contributed by atoms with E-state index in [9.17, 15) is 0 Å². The number of aromatic amines is 2. The van der Waals surface area contributed by atoms with E-state index in [0.717, 1.165) is 0 Å². The average Bonchev–Trinajstić information content (AvgIpc) is 3.06. The Balaban J connectivity index is 2.00. The number of hydrogen-bond donors (Lipinski definition) is 4. The van der Waals surface area contributed by atoms with Gasteiger partial charge in [-0.25, -0.2) is 29.9 Å². The zero-order valence-electron chi connectivity index (χ0n) is 9.99. The van der Waals surface area contributed by atoms with Crippen molar-refractivity contribution >= 4 is 34.0 Å². The number of nitrogens with one attached hydrogen (secondary N) is 2. The van der Waals surface area contributed by atoms with Crippen LogP contribution in [-0.4, -0.2) is 39.9 Å². The molecular weight excluding hydrogens is 260 g/mol. The van der Waals surface area contributed by atoms with Crippen molar-refractivity contribution < 1.29 is 0 Å². The number of fused-ring (bicyclic) bond motifs is 2. The maximum absolute atomic E-state index is 5.84. The van der Waals surface area contributed by atoms with Crippen molar-refractivity contribution in [2.75, 3.05) is 11.5 Å². The fourth-order valence-corrected chi connectivity index (χ4v) is 1.91. The van der Waals surface area contributed by atoms with E-state index in [2.05, 4.69) is 39.9 Å². The lowest BCUT2D eigenvalue weighted by molar-refractivity contribution is 1.12. The van der Waals surface area contributed by atoms with Gasteiger partial charge in [0.05, 0.1) is 12.7 Å². The molecule has 0 spiro atoms. The molecule has 0 atom stereocenters. The van der Waals surface area contributed by atoms with Crippen molar-refractivity contribution in [3.05, 3.63) is 12.7 Å². The number of imidazole rings is 2. The van der Waals surface area contributed by atoms with Crippen LogP contribution in [0.5, 0.6) is 0 Å². The van der Waals surface area contributed by atoms with Gasteiger partial charge >= 0.3 is 0 Å². The van der Waals surface area contributed by atoms with Crippen molar-refractivity contribution in [3.8, 4) is 11.6 Å². The number of nitrogens with zero attached hydrogens (tertiary/aromatic N) is 6. The van der Waals surface area contributed by atoms with Gasteiger partial charge in [0, 0.05) is 0 Å². The van der Waals surface area contributed by atoms with Crippen molar-refractivity contribution in [2.24, 2.45) is 0 Å². The Hall–Kier alpha value is -3.30. The minimum Gasteiger partial charge on any atom is -0.382 e. The molecule has 0 radical (unpaired) electrons. The number of nitrogen functional groups attached to an aromatic ring is 2. The largest absolute Gasteiger partial charge is 0.382 e. The van der Waals surface area contributed by atoms with Crippen LogP contribution in [0.3, 0.4) is 0 Å². The standard InChI is InChI=1S/C10H8N10/c11-5-3-7(15-1-13-3)19-9(17-5)10-18-6(12)4-8(20-10)16-2-14-4/h1-2H,(H3,11,13,15,17,19)(H3,12,14,16,18,20). The van der Waals surface area contributed by atoms with Gasteiger partial charge in [0.15, 0.2) is 22.9 Å². The molecule has 0 aliphatic rings. The fourth-order valence-electron chi connectivity index (χ4n) is 1.91. The average molecular weight is 268 g/mol. The van der Waals surface area contributed by atoms with Gasteiger partial charge < -0.3 is 21.4 Å². The van der Waals surface area contributed by atoms with Crippen LogP contribution < -0.4 is 11.5 Å².